The van der Waals surface area contributed by atoms with E-state index >= 15 is 0 Å². The van der Waals surface area contributed by atoms with Crippen molar-refractivity contribution in [1.29, 1.82) is 0 Å². The van der Waals surface area contributed by atoms with Gasteiger partial charge in [-0.15, -0.1) is 0 Å². The van der Waals surface area contributed by atoms with E-state index in [-0.39, 0.29) is 18.3 Å². The lowest BCUT2D eigenvalue weighted by molar-refractivity contribution is -0.148. The highest BCUT2D eigenvalue weighted by Gasteiger charge is 2.14. The molecule has 0 unspecified atom stereocenters. The lowest BCUT2D eigenvalue weighted by atomic mass is 9.98. The molecule has 0 aliphatic carbocycles. The Labute approximate surface area is 136 Å². The minimum absolute atomic E-state index is 0.00102. The zero-order valence-electron chi connectivity index (χ0n) is 13.8. The Morgan fingerprint density at radius 1 is 1.09 bits per heavy atom. The summed E-state index contributed by atoms with van der Waals surface area (Å²) in [6.07, 6.45) is 0.177. The summed E-state index contributed by atoms with van der Waals surface area (Å²) < 4.78 is 4.89. The zero-order valence-corrected chi connectivity index (χ0v) is 13.8. The second kappa shape index (κ2) is 9.61. The van der Waals surface area contributed by atoms with Crippen LogP contribution in [0.15, 0.2) is 30.3 Å². The van der Waals surface area contributed by atoms with Gasteiger partial charge < -0.3 is 10.1 Å². The van der Waals surface area contributed by atoms with Crippen LogP contribution >= 0.6 is 0 Å². The van der Waals surface area contributed by atoms with Gasteiger partial charge in [0, 0.05) is 6.54 Å². The average molecular weight is 320 g/mol. The number of carbonyl (C=O) groups is 3. The summed E-state index contributed by atoms with van der Waals surface area (Å²) in [4.78, 5) is 34.6. The maximum atomic E-state index is 11.7. The molecule has 0 saturated carbocycles. The molecule has 3 amide bonds. The lowest BCUT2D eigenvalue weighted by Gasteiger charge is -2.12. The van der Waals surface area contributed by atoms with Crippen molar-refractivity contribution in [2.24, 2.45) is 5.92 Å². The van der Waals surface area contributed by atoms with Gasteiger partial charge in [-0.3, -0.25) is 14.9 Å². The van der Waals surface area contributed by atoms with Crippen LogP contribution in [0.3, 0.4) is 0 Å². The van der Waals surface area contributed by atoms with Crippen molar-refractivity contribution in [2.75, 3.05) is 13.2 Å². The molecular weight excluding hydrogens is 296 g/mol. The van der Waals surface area contributed by atoms with Crippen LogP contribution in [0.4, 0.5) is 4.79 Å². The summed E-state index contributed by atoms with van der Waals surface area (Å²) in [6.45, 7) is 5.80. The van der Waals surface area contributed by atoms with Crippen LogP contribution in [0.25, 0.3) is 0 Å². The fourth-order valence-electron chi connectivity index (χ4n) is 1.86. The van der Waals surface area contributed by atoms with Gasteiger partial charge in [-0.05, 0) is 17.4 Å². The minimum atomic E-state index is -0.646. The van der Waals surface area contributed by atoms with E-state index in [9.17, 15) is 14.4 Å². The fourth-order valence-corrected chi connectivity index (χ4v) is 1.86. The van der Waals surface area contributed by atoms with Crippen molar-refractivity contribution in [1.82, 2.24) is 10.6 Å². The van der Waals surface area contributed by atoms with Gasteiger partial charge in [0.1, 0.15) is 0 Å². The smallest absolute Gasteiger partial charge is 0.321 e. The summed E-state index contributed by atoms with van der Waals surface area (Å²) in [5.41, 5.74) is 1.03. The number of hydrogen-bond acceptors (Lipinski definition) is 4. The number of urea groups is 1. The predicted octanol–water partition coefficient (Wildman–Crippen LogP) is 2.21. The summed E-state index contributed by atoms with van der Waals surface area (Å²) in [6, 6.07) is 9.00. The summed E-state index contributed by atoms with van der Waals surface area (Å²) >= 11 is 0. The third-order valence-corrected chi connectivity index (χ3v) is 3.13. The Morgan fingerprint density at radius 2 is 1.74 bits per heavy atom. The molecule has 0 saturated heterocycles. The number of amides is 3. The maximum Gasteiger partial charge on any atom is 0.321 e. The molecule has 0 radical (unpaired) electrons. The number of carbonyl (C=O) groups excluding carboxylic acids is 3. The second-order valence-electron chi connectivity index (χ2n) is 5.83. The molecule has 1 atom stereocenters. The quantitative estimate of drug-likeness (QED) is 0.754. The van der Waals surface area contributed by atoms with Crippen LogP contribution in [0.1, 0.15) is 38.7 Å². The molecule has 0 spiro atoms. The van der Waals surface area contributed by atoms with Crippen LogP contribution in [0.5, 0.6) is 0 Å². The van der Waals surface area contributed by atoms with Crippen LogP contribution < -0.4 is 10.6 Å². The standard InChI is InChI=1S/C17H24N2O4/c1-12(2)10-18-17(22)19-15(20)11-23-16(21)9-13(3)14-7-5-4-6-8-14/h4-8,12-13H,9-11H2,1-3H3,(H2,18,19,20,22)/t13-/m0/s1. The number of nitrogens with one attached hydrogen (secondary N) is 2. The van der Waals surface area contributed by atoms with Crippen LogP contribution in [-0.4, -0.2) is 31.1 Å². The van der Waals surface area contributed by atoms with E-state index in [2.05, 4.69) is 10.6 Å². The average Bonchev–Trinajstić information content (AvgIpc) is 2.52. The van der Waals surface area contributed by atoms with Crippen molar-refractivity contribution in [3.05, 3.63) is 35.9 Å². The molecule has 0 fully saturated rings. The van der Waals surface area contributed by atoms with Crippen LogP contribution in [0.2, 0.25) is 0 Å². The fraction of sp³-hybridized carbons (Fsp3) is 0.471. The summed E-state index contributed by atoms with van der Waals surface area (Å²) in [7, 11) is 0. The van der Waals surface area contributed by atoms with Crippen molar-refractivity contribution >= 4 is 17.9 Å². The minimum Gasteiger partial charge on any atom is -0.456 e. The van der Waals surface area contributed by atoms with Crippen LogP contribution in [0, 0.1) is 5.92 Å². The van der Waals surface area contributed by atoms with Crippen molar-refractivity contribution in [3.8, 4) is 0 Å². The molecule has 1 rings (SSSR count). The first-order valence-corrected chi connectivity index (χ1v) is 7.66. The Balaban J connectivity index is 2.27. The number of esters is 1. The molecule has 6 heteroatoms. The Hall–Kier alpha value is -2.37. The number of imide groups is 1. The highest BCUT2D eigenvalue weighted by atomic mass is 16.5. The Bertz CT molecular complexity index is 529. The van der Waals surface area contributed by atoms with E-state index in [1.807, 2.05) is 51.1 Å². The SMILES string of the molecule is CC(C)CNC(=O)NC(=O)COC(=O)C[C@H](C)c1ccccc1. The molecule has 126 valence electrons. The molecule has 2 N–H and O–H groups in total. The van der Waals surface area contributed by atoms with E-state index < -0.39 is 24.5 Å². The number of ether oxygens (including phenoxy) is 1. The van der Waals surface area contributed by atoms with E-state index in [1.165, 1.54) is 0 Å². The van der Waals surface area contributed by atoms with Gasteiger partial charge in [0.15, 0.2) is 6.61 Å². The molecular formula is C17H24N2O4. The summed E-state index contributed by atoms with van der Waals surface area (Å²) in [5.74, 6) is -0.833. The third kappa shape index (κ3) is 7.99. The molecule has 6 nitrogen and oxygen atoms in total. The predicted molar refractivity (Wildman–Crippen MR) is 86.8 cm³/mol. The first-order chi connectivity index (χ1) is 10.9. The van der Waals surface area contributed by atoms with Gasteiger partial charge in [-0.2, -0.15) is 0 Å². The molecule has 0 aliphatic rings. The molecule has 1 aromatic carbocycles. The number of benzene rings is 1. The normalized spacial score (nSPS) is 11.7. The second-order valence-corrected chi connectivity index (χ2v) is 5.83. The van der Waals surface area contributed by atoms with Gasteiger partial charge in [0.2, 0.25) is 0 Å². The van der Waals surface area contributed by atoms with Crippen molar-refractivity contribution < 1.29 is 19.1 Å². The lowest BCUT2D eigenvalue weighted by Crippen LogP contribution is -2.42. The highest BCUT2D eigenvalue weighted by Crippen LogP contribution is 2.18. The molecule has 0 aliphatic heterocycles. The maximum absolute atomic E-state index is 11.7. The Kier molecular flexibility index (Phi) is 7.80. The van der Waals surface area contributed by atoms with E-state index in [1.54, 1.807) is 0 Å². The summed E-state index contributed by atoms with van der Waals surface area (Å²) in [5, 5.41) is 4.65. The number of rotatable bonds is 7. The monoisotopic (exact) mass is 320 g/mol. The first-order valence-electron chi connectivity index (χ1n) is 7.66. The van der Waals surface area contributed by atoms with Gasteiger partial charge >= 0.3 is 12.0 Å². The molecule has 23 heavy (non-hydrogen) atoms. The van der Waals surface area contributed by atoms with Gasteiger partial charge in [-0.25, -0.2) is 4.79 Å². The van der Waals surface area contributed by atoms with Gasteiger partial charge in [-0.1, -0.05) is 51.1 Å². The molecule has 0 heterocycles. The number of hydrogen-bond donors (Lipinski definition) is 2. The first kappa shape index (κ1) is 18.7. The van der Waals surface area contributed by atoms with E-state index in [0.29, 0.717) is 6.54 Å². The third-order valence-electron chi connectivity index (χ3n) is 3.13. The zero-order chi connectivity index (χ0) is 17.2. The van der Waals surface area contributed by atoms with E-state index in [0.717, 1.165) is 5.56 Å². The molecule has 0 bridgehead atoms. The van der Waals surface area contributed by atoms with Crippen LogP contribution in [-0.2, 0) is 14.3 Å². The van der Waals surface area contributed by atoms with Crippen molar-refractivity contribution in [2.45, 2.75) is 33.1 Å². The largest absolute Gasteiger partial charge is 0.456 e. The highest BCUT2D eigenvalue weighted by molar-refractivity contribution is 5.95. The van der Waals surface area contributed by atoms with Gasteiger partial charge in [0.25, 0.3) is 5.91 Å². The molecule has 1 aromatic rings. The van der Waals surface area contributed by atoms with E-state index in [4.69, 9.17) is 4.74 Å². The topological polar surface area (TPSA) is 84.5 Å². The Morgan fingerprint density at radius 3 is 2.35 bits per heavy atom. The van der Waals surface area contributed by atoms with Crippen molar-refractivity contribution in [3.63, 3.8) is 0 Å². The molecule has 0 aromatic heterocycles. The van der Waals surface area contributed by atoms with Gasteiger partial charge in [0.05, 0.1) is 6.42 Å².